The molecule has 1 aromatic heterocycles. The third kappa shape index (κ3) is 3.11. The SMILES string of the molecule is CC(C)C(C)Nc1cnccc1N(C)C. The highest BCUT2D eigenvalue weighted by atomic mass is 15.1. The lowest BCUT2D eigenvalue weighted by Gasteiger charge is -2.23. The van der Waals surface area contributed by atoms with Crippen molar-refractivity contribution in [2.75, 3.05) is 24.3 Å². The molecule has 3 nitrogen and oxygen atoms in total. The topological polar surface area (TPSA) is 28.2 Å². The number of pyridine rings is 1. The molecule has 0 aliphatic heterocycles. The van der Waals surface area contributed by atoms with Crippen molar-refractivity contribution in [3.63, 3.8) is 0 Å². The molecule has 15 heavy (non-hydrogen) atoms. The molecule has 0 bridgehead atoms. The molecule has 3 heteroatoms. The Morgan fingerprint density at radius 2 is 1.93 bits per heavy atom. The first-order valence-corrected chi connectivity index (χ1v) is 5.40. The number of nitrogens with zero attached hydrogens (tertiary/aromatic N) is 2. The van der Waals surface area contributed by atoms with Crippen LogP contribution in [0.15, 0.2) is 18.5 Å². The zero-order chi connectivity index (χ0) is 11.4. The highest BCUT2D eigenvalue weighted by Gasteiger charge is 2.10. The largest absolute Gasteiger partial charge is 0.379 e. The summed E-state index contributed by atoms with van der Waals surface area (Å²) in [6, 6.07) is 2.47. The molecular weight excluding hydrogens is 186 g/mol. The number of hydrogen-bond acceptors (Lipinski definition) is 3. The van der Waals surface area contributed by atoms with E-state index < -0.39 is 0 Å². The van der Waals surface area contributed by atoms with E-state index in [1.807, 2.05) is 32.6 Å². The molecule has 0 saturated heterocycles. The van der Waals surface area contributed by atoms with Crippen molar-refractivity contribution < 1.29 is 0 Å². The molecule has 1 N–H and O–H groups in total. The fourth-order valence-corrected chi connectivity index (χ4v) is 1.30. The average Bonchev–Trinajstić information content (AvgIpc) is 2.18. The van der Waals surface area contributed by atoms with Crippen LogP contribution in [-0.4, -0.2) is 25.1 Å². The van der Waals surface area contributed by atoms with Gasteiger partial charge in [0.25, 0.3) is 0 Å². The van der Waals surface area contributed by atoms with Crippen LogP contribution in [0.25, 0.3) is 0 Å². The van der Waals surface area contributed by atoms with Crippen LogP contribution in [-0.2, 0) is 0 Å². The lowest BCUT2D eigenvalue weighted by Crippen LogP contribution is -2.23. The third-order valence-corrected chi connectivity index (χ3v) is 2.66. The predicted molar refractivity (Wildman–Crippen MR) is 66.5 cm³/mol. The summed E-state index contributed by atoms with van der Waals surface area (Å²) in [5, 5.41) is 3.49. The Morgan fingerprint density at radius 1 is 1.27 bits per heavy atom. The molecule has 1 atom stereocenters. The number of aromatic nitrogens is 1. The number of rotatable bonds is 4. The van der Waals surface area contributed by atoms with Gasteiger partial charge in [-0.1, -0.05) is 13.8 Å². The van der Waals surface area contributed by atoms with E-state index in [0.29, 0.717) is 12.0 Å². The lowest BCUT2D eigenvalue weighted by molar-refractivity contribution is 0.560. The Balaban J connectivity index is 2.84. The Hall–Kier alpha value is -1.25. The van der Waals surface area contributed by atoms with Gasteiger partial charge in [-0.15, -0.1) is 0 Å². The van der Waals surface area contributed by atoms with Gasteiger partial charge < -0.3 is 10.2 Å². The van der Waals surface area contributed by atoms with Crippen molar-refractivity contribution in [3.05, 3.63) is 18.5 Å². The van der Waals surface area contributed by atoms with E-state index in [9.17, 15) is 0 Å². The van der Waals surface area contributed by atoms with Gasteiger partial charge in [0.2, 0.25) is 0 Å². The molecule has 0 spiro atoms. The van der Waals surface area contributed by atoms with Crippen LogP contribution < -0.4 is 10.2 Å². The molecule has 1 rings (SSSR count). The van der Waals surface area contributed by atoms with E-state index in [4.69, 9.17) is 0 Å². The number of hydrogen-bond donors (Lipinski definition) is 1. The van der Waals surface area contributed by atoms with Gasteiger partial charge in [-0.25, -0.2) is 0 Å². The second kappa shape index (κ2) is 5.01. The van der Waals surface area contributed by atoms with Crippen LogP contribution in [0.1, 0.15) is 20.8 Å². The van der Waals surface area contributed by atoms with E-state index >= 15 is 0 Å². The van der Waals surface area contributed by atoms with Gasteiger partial charge in [0, 0.05) is 26.3 Å². The maximum Gasteiger partial charge on any atom is 0.0766 e. The summed E-state index contributed by atoms with van der Waals surface area (Å²) >= 11 is 0. The fraction of sp³-hybridized carbons (Fsp3) is 0.583. The zero-order valence-electron chi connectivity index (χ0n) is 10.3. The van der Waals surface area contributed by atoms with Crippen LogP contribution in [0, 0.1) is 5.92 Å². The summed E-state index contributed by atoms with van der Waals surface area (Å²) in [4.78, 5) is 6.25. The van der Waals surface area contributed by atoms with E-state index in [-0.39, 0.29) is 0 Å². The molecule has 0 saturated carbocycles. The Bertz CT molecular complexity index is 307. The monoisotopic (exact) mass is 207 g/mol. The summed E-state index contributed by atoms with van der Waals surface area (Å²) in [5.41, 5.74) is 2.28. The van der Waals surface area contributed by atoms with E-state index in [2.05, 4.69) is 36.0 Å². The first-order valence-electron chi connectivity index (χ1n) is 5.40. The molecule has 0 aliphatic rings. The molecule has 0 amide bonds. The van der Waals surface area contributed by atoms with E-state index in [1.165, 1.54) is 5.69 Å². The number of anilines is 2. The normalized spacial score (nSPS) is 12.7. The van der Waals surface area contributed by atoms with Crippen LogP contribution >= 0.6 is 0 Å². The molecule has 0 fully saturated rings. The van der Waals surface area contributed by atoms with Gasteiger partial charge in [0.1, 0.15) is 0 Å². The Kier molecular flexibility index (Phi) is 3.95. The molecule has 1 heterocycles. The minimum absolute atomic E-state index is 0.452. The maximum atomic E-state index is 4.15. The van der Waals surface area contributed by atoms with Crippen molar-refractivity contribution in [1.82, 2.24) is 4.98 Å². The van der Waals surface area contributed by atoms with Gasteiger partial charge in [-0.2, -0.15) is 0 Å². The molecule has 84 valence electrons. The molecule has 1 unspecified atom stereocenters. The molecule has 0 aromatic carbocycles. The van der Waals surface area contributed by atoms with Gasteiger partial charge in [0.05, 0.1) is 17.6 Å². The fourth-order valence-electron chi connectivity index (χ4n) is 1.30. The summed E-state index contributed by atoms with van der Waals surface area (Å²) in [6.07, 6.45) is 3.70. The van der Waals surface area contributed by atoms with Gasteiger partial charge in [0.15, 0.2) is 0 Å². The Morgan fingerprint density at radius 3 is 2.47 bits per heavy atom. The first kappa shape index (κ1) is 11.8. The van der Waals surface area contributed by atoms with Gasteiger partial charge in [-0.05, 0) is 18.9 Å². The van der Waals surface area contributed by atoms with E-state index in [0.717, 1.165) is 5.69 Å². The predicted octanol–water partition coefficient (Wildman–Crippen LogP) is 2.60. The summed E-state index contributed by atoms with van der Waals surface area (Å²) in [5.74, 6) is 0.611. The number of nitrogens with one attached hydrogen (secondary N) is 1. The summed E-state index contributed by atoms with van der Waals surface area (Å²) in [7, 11) is 4.08. The van der Waals surface area contributed by atoms with Crippen molar-refractivity contribution in [2.45, 2.75) is 26.8 Å². The quantitative estimate of drug-likeness (QED) is 0.822. The van der Waals surface area contributed by atoms with E-state index in [1.54, 1.807) is 0 Å². The van der Waals surface area contributed by atoms with Gasteiger partial charge in [-0.3, -0.25) is 4.98 Å². The first-order chi connectivity index (χ1) is 7.02. The molecule has 1 aromatic rings. The zero-order valence-corrected chi connectivity index (χ0v) is 10.3. The maximum absolute atomic E-state index is 4.15. The second-order valence-corrected chi connectivity index (χ2v) is 4.46. The highest BCUT2D eigenvalue weighted by Crippen LogP contribution is 2.23. The molecule has 0 aliphatic carbocycles. The van der Waals surface area contributed by atoms with Crippen LogP contribution in [0.3, 0.4) is 0 Å². The third-order valence-electron chi connectivity index (χ3n) is 2.66. The minimum Gasteiger partial charge on any atom is -0.379 e. The second-order valence-electron chi connectivity index (χ2n) is 4.46. The summed E-state index contributed by atoms with van der Waals surface area (Å²) in [6.45, 7) is 6.61. The molecule has 0 radical (unpaired) electrons. The molecular formula is C12H21N3. The lowest BCUT2D eigenvalue weighted by atomic mass is 10.1. The van der Waals surface area contributed by atoms with Crippen molar-refractivity contribution in [2.24, 2.45) is 5.92 Å². The van der Waals surface area contributed by atoms with Crippen molar-refractivity contribution in [1.29, 1.82) is 0 Å². The highest BCUT2D eigenvalue weighted by molar-refractivity contribution is 5.68. The summed E-state index contributed by atoms with van der Waals surface area (Å²) < 4.78 is 0. The average molecular weight is 207 g/mol. The van der Waals surface area contributed by atoms with Crippen LogP contribution in [0.5, 0.6) is 0 Å². The van der Waals surface area contributed by atoms with Gasteiger partial charge >= 0.3 is 0 Å². The minimum atomic E-state index is 0.452. The van der Waals surface area contributed by atoms with Crippen molar-refractivity contribution >= 4 is 11.4 Å². The smallest absolute Gasteiger partial charge is 0.0766 e. The standard InChI is InChI=1S/C12H21N3/c1-9(2)10(3)14-11-8-13-7-6-12(11)15(4)5/h6-10,14H,1-5H3. The Labute approximate surface area is 92.5 Å². The van der Waals surface area contributed by atoms with Crippen LogP contribution in [0.2, 0.25) is 0 Å². The van der Waals surface area contributed by atoms with Crippen LogP contribution in [0.4, 0.5) is 11.4 Å². The van der Waals surface area contributed by atoms with Crippen molar-refractivity contribution in [3.8, 4) is 0 Å².